The molecular weight excluding hydrogens is 282 g/mol. The average Bonchev–Trinajstić information content (AvgIpc) is 2.50. The van der Waals surface area contributed by atoms with Crippen LogP contribution in [0, 0.1) is 6.92 Å². The number of benzene rings is 1. The molecule has 0 saturated carbocycles. The summed E-state index contributed by atoms with van der Waals surface area (Å²) in [6.45, 7) is 8.69. The van der Waals surface area contributed by atoms with E-state index < -0.39 is 0 Å². The first-order valence-electron chi connectivity index (χ1n) is 7.29. The Bertz CT molecular complexity index is 463. The molecule has 0 heterocycles. The van der Waals surface area contributed by atoms with Crippen molar-refractivity contribution in [2.75, 3.05) is 26.5 Å². The van der Waals surface area contributed by atoms with Crippen LogP contribution in [-0.4, -0.2) is 37.7 Å². The molecule has 1 aromatic carbocycles. The lowest BCUT2D eigenvalue weighted by molar-refractivity contribution is 0.409. The molecule has 21 heavy (non-hydrogen) atoms. The third kappa shape index (κ3) is 6.29. The second kappa shape index (κ2) is 9.55. The Balaban J connectivity index is 2.73. The Hall–Kier alpha value is -1.36. The van der Waals surface area contributed by atoms with Gasteiger partial charge in [-0.3, -0.25) is 0 Å². The monoisotopic (exact) mass is 309 g/mol. The maximum atomic E-state index is 5.42. The van der Waals surface area contributed by atoms with Gasteiger partial charge in [-0.1, -0.05) is 19.1 Å². The highest BCUT2D eigenvalue weighted by Crippen LogP contribution is 2.20. The Morgan fingerprint density at radius 2 is 2.14 bits per heavy atom. The zero-order valence-corrected chi connectivity index (χ0v) is 14.5. The van der Waals surface area contributed by atoms with Crippen molar-refractivity contribution in [2.45, 2.75) is 32.6 Å². The van der Waals surface area contributed by atoms with Crippen LogP contribution < -0.4 is 15.4 Å². The first-order chi connectivity index (χ1) is 10.1. The van der Waals surface area contributed by atoms with E-state index in [1.54, 1.807) is 7.11 Å². The van der Waals surface area contributed by atoms with Crippen molar-refractivity contribution in [1.29, 1.82) is 0 Å². The number of hydrogen-bond acceptors (Lipinski definition) is 3. The number of thioether (sulfide) groups is 1. The highest BCUT2D eigenvalue weighted by molar-refractivity contribution is 7.99. The maximum absolute atomic E-state index is 5.42. The van der Waals surface area contributed by atoms with E-state index >= 15 is 0 Å². The molecule has 1 aromatic rings. The van der Waals surface area contributed by atoms with Crippen molar-refractivity contribution < 1.29 is 4.74 Å². The van der Waals surface area contributed by atoms with Gasteiger partial charge in [-0.25, -0.2) is 4.99 Å². The fourth-order valence-corrected chi connectivity index (χ4v) is 2.06. The summed E-state index contributed by atoms with van der Waals surface area (Å²) < 4.78 is 5.42. The minimum atomic E-state index is 0.558. The highest BCUT2D eigenvalue weighted by atomic mass is 32.2. The Labute approximate surface area is 132 Å². The number of ether oxygens (including phenoxy) is 1. The lowest BCUT2D eigenvalue weighted by atomic mass is 10.1. The van der Waals surface area contributed by atoms with E-state index in [1.807, 2.05) is 17.8 Å². The summed E-state index contributed by atoms with van der Waals surface area (Å²) in [5.74, 6) is 1.74. The van der Waals surface area contributed by atoms with E-state index in [9.17, 15) is 0 Å². The third-order valence-corrected chi connectivity index (χ3v) is 4.13. The summed E-state index contributed by atoms with van der Waals surface area (Å²) >= 11 is 1.84. The summed E-state index contributed by atoms with van der Waals surface area (Å²) in [6, 6.07) is 6.20. The summed E-state index contributed by atoms with van der Waals surface area (Å²) in [6.07, 6.45) is 2.12. The van der Waals surface area contributed by atoms with Crippen molar-refractivity contribution in [3.63, 3.8) is 0 Å². The molecule has 0 spiro atoms. The fraction of sp³-hybridized carbons (Fsp3) is 0.562. The summed E-state index contributed by atoms with van der Waals surface area (Å²) in [7, 11) is 1.70. The molecule has 4 nitrogen and oxygen atoms in total. The summed E-state index contributed by atoms with van der Waals surface area (Å²) in [4.78, 5) is 4.63. The van der Waals surface area contributed by atoms with Crippen molar-refractivity contribution in [1.82, 2.24) is 10.6 Å². The van der Waals surface area contributed by atoms with Gasteiger partial charge < -0.3 is 15.4 Å². The van der Waals surface area contributed by atoms with Gasteiger partial charge in [0.1, 0.15) is 5.75 Å². The van der Waals surface area contributed by atoms with Crippen LogP contribution in [0.1, 0.15) is 25.0 Å². The molecule has 1 rings (SSSR count). The van der Waals surface area contributed by atoms with Crippen LogP contribution in [0.15, 0.2) is 23.2 Å². The first kappa shape index (κ1) is 17.7. The Morgan fingerprint density at radius 3 is 2.76 bits per heavy atom. The van der Waals surface area contributed by atoms with E-state index in [1.165, 1.54) is 5.56 Å². The molecule has 0 aliphatic heterocycles. The predicted octanol–water partition coefficient (Wildman–Crippen LogP) is 2.81. The van der Waals surface area contributed by atoms with E-state index in [-0.39, 0.29) is 0 Å². The van der Waals surface area contributed by atoms with Gasteiger partial charge in [-0.05, 0) is 31.7 Å². The molecule has 1 atom stereocenters. The van der Waals surface area contributed by atoms with Crippen LogP contribution in [0.3, 0.4) is 0 Å². The van der Waals surface area contributed by atoms with Crippen LogP contribution in [0.4, 0.5) is 0 Å². The maximum Gasteiger partial charge on any atom is 0.191 e. The van der Waals surface area contributed by atoms with Gasteiger partial charge in [0.2, 0.25) is 0 Å². The number of aliphatic imine (C=N–C) groups is 1. The molecule has 1 unspecified atom stereocenters. The quantitative estimate of drug-likeness (QED) is 0.600. The van der Waals surface area contributed by atoms with E-state index in [0.717, 1.165) is 30.4 Å². The molecule has 2 N–H and O–H groups in total. The second-order valence-corrected chi connectivity index (χ2v) is 6.21. The minimum absolute atomic E-state index is 0.558. The average molecular weight is 309 g/mol. The molecule has 5 heteroatoms. The van der Waals surface area contributed by atoms with Gasteiger partial charge in [0.25, 0.3) is 0 Å². The zero-order chi connectivity index (χ0) is 15.7. The molecule has 118 valence electrons. The smallest absolute Gasteiger partial charge is 0.191 e. The lowest BCUT2D eigenvalue weighted by Crippen LogP contribution is -2.40. The fourth-order valence-electron chi connectivity index (χ4n) is 1.81. The summed E-state index contributed by atoms with van der Waals surface area (Å²) in [5.41, 5.74) is 2.29. The highest BCUT2D eigenvalue weighted by Gasteiger charge is 2.05. The van der Waals surface area contributed by atoms with E-state index in [2.05, 4.69) is 54.8 Å². The number of hydrogen-bond donors (Lipinski definition) is 2. The topological polar surface area (TPSA) is 45.7 Å². The molecular formula is C16H27N3OS. The SMILES string of the molecule is CCNC(=NCc1ccc(C)cc1OC)NCC(C)SC. The Kier molecular flexibility index (Phi) is 8.05. The van der Waals surface area contributed by atoms with Crippen LogP contribution in [0.5, 0.6) is 5.75 Å². The van der Waals surface area contributed by atoms with Gasteiger partial charge in [0.05, 0.1) is 13.7 Å². The molecule has 0 aliphatic carbocycles. The lowest BCUT2D eigenvalue weighted by Gasteiger charge is -2.14. The van der Waals surface area contributed by atoms with Crippen LogP contribution >= 0.6 is 11.8 Å². The zero-order valence-electron chi connectivity index (χ0n) is 13.7. The minimum Gasteiger partial charge on any atom is -0.496 e. The number of guanidine groups is 1. The molecule has 0 saturated heterocycles. The van der Waals surface area contributed by atoms with Crippen LogP contribution in [-0.2, 0) is 6.54 Å². The van der Waals surface area contributed by atoms with Crippen molar-refractivity contribution >= 4 is 17.7 Å². The number of nitrogens with zero attached hydrogens (tertiary/aromatic N) is 1. The van der Waals surface area contributed by atoms with Gasteiger partial charge >= 0.3 is 0 Å². The number of rotatable bonds is 7. The van der Waals surface area contributed by atoms with Gasteiger partial charge in [0.15, 0.2) is 5.96 Å². The summed E-state index contributed by atoms with van der Waals surface area (Å²) in [5, 5.41) is 7.20. The molecule has 0 fully saturated rings. The van der Waals surface area contributed by atoms with Crippen molar-refractivity contribution in [3.05, 3.63) is 29.3 Å². The molecule has 0 aromatic heterocycles. The number of methoxy groups -OCH3 is 1. The first-order valence-corrected chi connectivity index (χ1v) is 8.58. The molecule has 0 aliphatic rings. The van der Waals surface area contributed by atoms with Gasteiger partial charge in [0, 0.05) is 23.9 Å². The normalized spacial score (nSPS) is 12.9. The van der Waals surface area contributed by atoms with E-state index in [4.69, 9.17) is 4.74 Å². The standard InChI is InChI=1S/C16H27N3OS/c1-6-17-16(18-10-13(3)21-5)19-11-14-8-7-12(2)9-15(14)20-4/h7-9,13H,6,10-11H2,1-5H3,(H2,17,18,19). The van der Waals surface area contributed by atoms with Gasteiger partial charge in [-0.2, -0.15) is 11.8 Å². The third-order valence-electron chi connectivity index (χ3n) is 3.15. The number of nitrogens with one attached hydrogen (secondary N) is 2. The Morgan fingerprint density at radius 1 is 1.38 bits per heavy atom. The van der Waals surface area contributed by atoms with Crippen LogP contribution in [0.25, 0.3) is 0 Å². The molecule has 0 bridgehead atoms. The van der Waals surface area contributed by atoms with E-state index in [0.29, 0.717) is 11.8 Å². The molecule has 0 radical (unpaired) electrons. The molecule has 0 amide bonds. The van der Waals surface area contributed by atoms with Gasteiger partial charge in [-0.15, -0.1) is 0 Å². The largest absolute Gasteiger partial charge is 0.496 e. The van der Waals surface area contributed by atoms with Crippen molar-refractivity contribution in [3.8, 4) is 5.75 Å². The van der Waals surface area contributed by atoms with Crippen molar-refractivity contribution in [2.24, 2.45) is 4.99 Å². The predicted molar refractivity (Wildman–Crippen MR) is 93.5 cm³/mol. The second-order valence-electron chi connectivity index (χ2n) is 4.94. The number of aryl methyl sites for hydroxylation is 1. The van der Waals surface area contributed by atoms with Crippen LogP contribution in [0.2, 0.25) is 0 Å².